The number of carbonyl (C=O) groups is 1. The monoisotopic (exact) mass is 232 g/mol. The molecule has 0 amide bonds. The van der Waals surface area contributed by atoms with E-state index >= 15 is 0 Å². The largest absolute Gasteiger partial charge is 0.299 e. The lowest BCUT2D eigenvalue weighted by atomic mass is 9.62. The third-order valence-electron chi connectivity index (χ3n) is 4.48. The van der Waals surface area contributed by atoms with Crippen LogP contribution in [0.4, 0.5) is 4.39 Å². The van der Waals surface area contributed by atoms with Crippen molar-refractivity contribution in [3.63, 3.8) is 0 Å². The minimum Gasteiger partial charge on any atom is -0.299 e. The van der Waals surface area contributed by atoms with E-state index in [-0.39, 0.29) is 11.2 Å². The maximum atomic E-state index is 13.8. The van der Waals surface area contributed by atoms with E-state index < -0.39 is 0 Å². The van der Waals surface area contributed by atoms with E-state index in [2.05, 4.69) is 0 Å². The quantitative estimate of drug-likeness (QED) is 0.668. The number of hydrogen-bond donors (Lipinski definition) is 0. The van der Waals surface area contributed by atoms with Crippen LogP contribution in [0.25, 0.3) is 0 Å². The van der Waals surface area contributed by atoms with Crippen LogP contribution in [0.5, 0.6) is 0 Å². The highest BCUT2D eigenvalue weighted by atomic mass is 19.1. The van der Waals surface area contributed by atoms with Crippen molar-refractivity contribution >= 4 is 5.78 Å². The van der Waals surface area contributed by atoms with Crippen molar-refractivity contribution in [2.75, 3.05) is 0 Å². The topological polar surface area (TPSA) is 17.1 Å². The number of fused-ring (bicyclic) bond motifs is 2. The van der Waals surface area contributed by atoms with Gasteiger partial charge in [0.1, 0.15) is 11.6 Å². The molecule has 1 saturated carbocycles. The van der Waals surface area contributed by atoms with Gasteiger partial charge < -0.3 is 0 Å². The van der Waals surface area contributed by atoms with Crippen LogP contribution >= 0.6 is 0 Å². The zero-order valence-corrected chi connectivity index (χ0v) is 9.97. The van der Waals surface area contributed by atoms with Crippen LogP contribution < -0.4 is 0 Å². The third kappa shape index (κ3) is 1.54. The van der Waals surface area contributed by atoms with Crippen molar-refractivity contribution in [2.24, 2.45) is 0 Å². The van der Waals surface area contributed by atoms with Gasteiger partial charge in [0.25, 0.3) is 0 Å². The fourth-order valence-electron chi connectivity index (χ4n) is 3.59. The number of Topliss-reactive ketones (excluding diaryl/α,β-unsaturated/α-hetero) is 1. The smallest absolute Gasteiger partial charge is 0.143 e. The average molecular weight is 232 g/mol. The Morgan fingerprint density at radius 1 is 1.06 bits per heavy atom. The molecule has 0 N–H and O–H groups in total. The third-order valence-corrected chi connectivity index (χ3v) is 4.48. The lowest BCUT2D eigenvalue weighted by Gasteiger charge is -2.40. The van der Waals surface area contributed by atoms with Crippen molar-refractivity contribution in [1.82, 2.24) is 0 Å². The van der Waals surface area contributed by atoms with Crippen LogP contribution in [0.1, 0.15) is 49.7 Å². The number of ketones is 1. The summed E-state index contributed by atoms with van der Waals surface area (Å²) in [7, 11) is 0. The van der Waals surface area contributed by atoms with Crippen molar-refractivity contribution in [3.8, 4) is 0 Å². The van der Waals surface area contributed by atoms with E-state index in [9.17, 15) is 9.18 Å². The molecule has 90 valence electrons. The maximum Gasteiger partial charge on any atom is 0.143 e. The Morgan fingerprint density at radius 3 is 2.59 bits per heavy atom. The predicted molar refractivity (Wildman–Crippen MR) is 64.5 cm³/mol. The highest BCUT2D eigenvalue weighted by molar-refractivity contribution is 5.92. The molecule has 2 aliphatic carbocycles. The molecule has 0 unspecified atom stereocenters. The SMILES string of the molecule is O=C1CCc2c(F)cccc2C12CCCCC2. The second kappa shape index (κ2) is 3.94. The molecule has 0 aliphatic heterocycles. The lowest BCUT2D eigenvalue weighted by Crippen LogP contribution is -2.42. The summed E-state index contributed by atoms with van der Waals surface area (Å²) < 4.78 is 13.8. The zero-order chi connectivity index (χ0) is 11.9. The van der Waals surface area contributed by atoms with Crippen LogP contribution in [0.2, 0.25) is 0 Å². The normalized spacial score (nSPS) is 22.5. The fraction of sp³-hybridized carbons (Fsp3) is 0.533. The van der Waals surface area contributed by atoms with Gasteiger partial charge in [-0.15, -0.1) is 0 Å². The number of hydrogen-bond acceptors (Lipinski definition) is 1. The highest BCUT2D eigenvalue weighted by Crippen LogP contribution is 2.45. The van der Waals surface area contributed by atoms with E-state index in [0.29, 0.717) is 18.6 Å². The summed E-state index contributed by atoms with van der Waals surface area (Å²) >= 11 is 0. The van der Waals surface area contributed by atoms with Crippen LogP contribution in [-0.2, 0) is 16.6 Å². The molecular formula is C15H17FO. The minimum absolute atomic E-state index is 0.125. The van der Waals surface area contributed by atoms with Gasteiger partial charge in [-0.05, 0) is 36.5 Å². The van der Waals surface area contributed by atoms with Crippen molar-refractivity contribution in [3.05, 3.63) is 35.1 Å². The van der Waals surface area contributed by atoms with Gasteiger partial charge in [-0.3, -0.25) is 4.79 Å². The summed E-state index contributed by atoms with van der Waals surface area (Å²) in [6.45, 7) is 0. The summed E-state index contributed by atoms with van der Waals surface area (Å²) in [6.07, 6.45) is 6.35. The number of benzene rings is 1. The molecule has 2 aliphatic rings. The van der Waals surface area contributed by atoms with Gasteiger partial charge >= 0.3 is 0 Å². The van der Waals surface area contributed by atoms with E-state index in [1.807, 2.05) is 6.07 Å². The molecule has 0 bridgehead atoms. The number of rotatable bonds is 0. The first kappa shape index (κ1) is 10.9. The van der Waals surface area contributed by atoms with Crippen LogP contribution in [0.15, 0.2) is 18.2 Å². The van der Waals surface area contributed by atoms with Gasteiger partial charge in [0.05, 0.1) is 5.41 Å². The number of carbonyl (C=O) groups excluding carboxylic acids is 1. The molecule has 1 aromatic rings. The van der Waals surface area contributed by atoms with E-state index in [1.165, 1.54) is 12.5 Å². The Hall–Kier alpha value is -1.18. The Bertz CT molecular complexity index is 458. The van der Waals surface area contributed by atoms with Gasteiger partial charge in [-0.25, -0.2) is 4.39 Å². The molecule has 3 rings (SSSR count). The summed E-state index contributed by atoms with van der Waals surface area (Å²) in [6, 6.07) is 5.25. The first-order chi connectivity index (χ1) is 8.24. The number of halogens is 1. The standard InChI is InChI=1S/C15H17FO/c16-13-6-4-5-12-11(13)7-8-14(17)15(12)9-2-1-3-10-15/h4-6H,1-3,7-10H2. The molecule has 0 aromatic heterocycles. The molecule has 0 radical (unpaired) electrons. The summed E-state index contributed by atoms with van der Waals surface area (Å²) in [4.78, 5) is 12.3. The predicted octanol–water partition coefficient (Wildman–Crippen LogP) is 3.54. The van der Waals surface area contributed by atoms with Crippen LogP contribution in [-0.4, -0.2) is 5.78 Å². The van der Waals surface area contributed by atoms with E-state index in [4.69, 9.17) is 0 Å². The summed E-state index contributed by atoms with van der Waals surface area (Å²) in [5.74, 6) is 0.218. The lowest BCUT2D eigenvalue weighted by molar-refractivity contribution is -0.126. The molecule has 0 saturated heterocycles. The Morgan fingerprint density at radius 2 is 1.82 bits per heavy atom. The average Bonchev–Trinajstić information content (AvgIpc) is 2.36. The molecule has 1 spiro atoms. The molecule has 17 heavy (non-hydrogen) atoms. The molecule has 1 aromatic carbocycles. The van der Waals surface area contributed by atoms with E-state index in [1.54, 1.807) is 6.07 Å². The Kier molecular flexibility index (Phi) is 2.53. The molecular weight excluding hydrogens is 215 g/mol. The van der Waals surface area contributed by atoms with Gasteiger partial charge in [0.15, 0.2) is 0 Å². The fourth-order valence-corrected chi connectivity index (χ4v) is 3.59. The first-order valence-corrected chi connectivity index (χ1v) is 6.55. The van der Waals surface area contributed by atoms with Crippen LogP contribution in [0, 0.1) is 5.82 Å². The van der Waals surface area contributed by atoms with Gasteiger partial charge in [-0.1, -0.05) is 31.4 Å². The summed E-state index contributed by atoms with van der Waals surface area (Å²) in [5, 5.41) is 0. The van der Waals surface area contributed by atoms with Gasteiger partial charge in [-0.2, -0.15) is 0 Å². The molecule has 1 nitrogen and oxygen atoms in total. The van der Waals surface area contributed by atoms with Crippen molar-refractivity contribution in [2.45, 2.75) is 50.4 Å². The van der Waals surface area contributed by atoms with Gasteiger partial charge in [0.2, 0.25) is 0 Å². The van der Waals surface area contributed by atoms with Gasteiger partial charge in [0, 0.05) is 6.42 Å². The van der Waals surface area contributed by atoms with Crippen LogP contribution in [0.3, 0.4) is 0 Å². The Labute approximate surface area is 101 Å². The van der Waals surface area contributed by atoms with E-state index in [0.717, 1.165) is 36.8 Å². The minimum atomic E-state index is -0.339. The molecule has 2 heteroatoms. The molecule has 0 heterocycles. The first-order valence-electron chi connectivity index (χ1n) is 6.55. The van der Waals surface area contributed by atoms with Crippen molar-refractivity contribution < 1.29 is 9.18 Å². The maximum absolute atomic E-state index is 13.8. The molecule has 1 fully saturated rings. The Balaban J connectivity index is 2.16. The second-order valence-corrected chi connectivity index (χ2v) is 5.33. The molecule has 0 atom stereocenters. The highest BCUT2D eigenvalue weighted by Gasteiger charge is 2.44. The zero-order valence-electron chi connectivity index (χ0n) is 9.97. The van der Waals surface area contributed by atoms with Crippen molar-refractivity contribution in [1.29, 1.82) is 0 Å². The summed E-state index contributed by atoms with van der Waals surface area (Å²) in [5.41, 5.74) is 1.45. The second-order valence-electron chi connectivity index (χ2n) is 5.33.